The van der Waals surface area contributed by atoms with Gasteiger partial charge in [-0.3, -0.25) is 0 Å². The zero-order valence-corrected chi connectivity index (χ0v) is 10.6. The van der Waals surface area contributed by atoms with Gasteiger partial charge < -0.3 is 10.3 Å². The minimum atomic E-state index is -0.0137. The zero-order valence-electron chi connectivity index (χ0n) is 10.6. The largest absolute Gasteiger partial charge is 0.323 e. The van der Waals surface area contributed by atoms with Crippen LogP contribution >= 0.6 is 0 Å². The van der Waals surface area contributed by atoms with Gasteiger partial charge in [-0.1, -0.05) is 26.0 Å². The number of benzene rings is 1. The first-order chi connectivity index (χ1) is 8.09. The van der Waals surface area contributed by atoms with Gasteiger partial charge in [-0.25, -0.2) is 4.98 Å². The minimum absolute atomic E-state index is 0.0137. The Kier molecular flexibility index (Phi) is 3.29. The molecule has 0 aliphatic carbocycles. The van der Waals surface area contributed by atoms with Crippen LogP contribution in [0.3, 0.4) is 0 Å². The number of aromatic nitrogens is 2. The molecule has 0 fully saturated rings. The molecule has 1 aromatic carbocycles. The lowest BCUT2D eigenvalue weighted by Gasteiger charge is -2.13. The Hall–Kier alpha value is -1.61. The van der Waals surface area contributed by atoms with Gasteiger partial charge in [0.05, 0.1) is 18.2 Å². The first kappa shape index (κ1) is 11.9. The van der Waals surface area contributed by atoms with E-state index >= 15 is 0 Å². The van der Waals surface area contributed by atoms with Gasteiger partial charge in [-0.05, 0) is 30.5 Å². The molecule has 0 unspecified atom stereocenters. The summed E-state index contributed by atoms with van der Waals surface area (Å²) in [6, 6.07) is 8.49. The van der Waals surface area contributed by atoms with Crippen molar-refractivity contribution in [2.24, 2.45) is 5.73 Å². The van der Waals surface area contributed by atoms with Crippen molar-refractivity contribution < 1.29 is 0 Å². The highest BCUT2D eigenvalue weighted by Gasteiger charge is 2.09. The Morgan fingerprint density at radius 1 is 1.24 bits per heavy atom. The van der Waals surface area contributed by atoms with E-state index in [-0.39, 0.29) is 6.04 Å². The summed E-state index contributed by atoms with van der Waals surface area (Å²) in [6.07, 6.45) is 3.64. The quantitative estimate of drug-likeness (QED) is 0.879. The third kappa shape index (κ3) is 2.39. The lowest BCUT2D eigenvalue weighted by molar-refractivity contribution is 0.751. The summed E-state index contributed by atoms with van der Waals surface area (Å²) in [5.74, 6) is 0.525. The lowest BCUT2D eigenvalue weighted by Crippen LogP contribution is -2.10. The van der Waals surface area contributed by atoms with Gasteiger partial charge in [0.15, 0.2) is 0 Å². The number of imidazole rings is 1. The van der Waals surface area contributed by atoms with Crippen molar-refractivity contribution in [2.45, 2.75) is 32.7 Å². The third-order valence-electron chi connectivity index (χ3n) is 2.95. The molecule has 2 rings (SSSR count). The highest BCUT2D eigenvalue weighted by Crippen LogP contribution is 2.20. The molecule has 2 N–H and O–H groups in total. The molecule has 17 heavy (non-hydrogen) atoms. The molecule has 0 saturated heterocycles. The van der Waals surface area contributed by atoms with Crippen molar-refractivity contribution in [1.29, 1.82) is 0 Å². The Morgan fingerprint density at radius 3 is 2.65 bits per heavy atom. The molecule has 0 radical (unpaired) electrons. The maximum Gasteiger partial charge on any atom is 0.0994 e. The standard InChI is InChI=1S/C14H19N3/c1-10(2)12-5-4-6-13(7-12)17-9-16-8-14(17)11(3)15/h4-11H,15H2,1-3H3/t11-/m0/s1. The van der Waals surface area contributed by atoms with Gasteiger partial charge in [-0.2, -0.15) is 0 Å². The Labute approximate surface area is 102 Å². The Balaban J connectivity index is 2.46. The van der Waals surface area contributed by atoms with Crippen LogP contribution in [0.5, 0.6) is 0 Å². The second-order valence-electron chi connectivity index (χ2n) is 4.73. The summed E-state index contributed by atoms with van der Waals surface area (Å²) in [7, 11) is 0. The fourth-order valence-electron chi connectivity index (χ4n) is 1.89. The van der Waals surface area contributed by atoms with Crippen molar-refractivity contribution in [2.75, 3.05) is 0 Å². The van der Waals surface area contributed by atoms with E-state index in [4.69, 9.17) is 5.73 Å². The summed E-state index contributed by atoms with van der Waals surface area (Å²) < 4.78 is 2.05. The highest BCUT2D eigenvalue weighted by atomic mass is 15.1. The van der Waals surface area contributed by atoms with E-state index in [2.05, 4.69) is 47.7 Å². The van der Waals surface area contributed by atoms with E-state index in [1.165, 1.54) is 5.56 Å². The topological polar surface area (TPSA) is 43.8 Å². The van der Waals surface area contributed by atoms with Crippen LogP contribution in [-0.4, -0.2) is 9.55 Å². The molecule has 3 heteroatoms. The van der Waals surface area contributed by atoms with E-state index in [0.717, 1.165) is 11.4 Å². The van der Waals surface area contributed by atoms with Crippen LogP contribution in [0.1, 0.15) is 44.0 Å². The SMILES string of the molecule is CC(C)c1cccc(-n2cncc2[C@H](C)N)c1. The van der Waals surface area contributed by atoms with Gasteiger partial charge in [0.2, 0.25) is 0 Å². The molecular formula is C14H19N3. The summed E-state index contributed by atoms with van der Waals surface area (Å²) in [5.41, 5.74) is 9.42. The average Bonchev–Trinajstić information content (AvgIpc) is 2.78. The van der Waals surface area contributed by atoms with E-state index < -0.39 is 0 Å². The summed E-state index contributed by atoms with van der Waals surface area (Å²) in [4.78, 5) is 4.18. The molecular weight excluding hydrogens is 210 g/mol. The molecule has 0 saturated carbocycles. The molecule has 0 aliphatic rings. The van der Waals surface area contributed by atoms with E-state index in [1.807, 2.05) is 19.4 Å². The van der Waals surface area contributed by atoms with Gasteiger partial charge >= 0.3 is 0 Å². The highest BCUT2D eigenvalue weighted by molar-refractivity contribution is 5.38. The molecule has 0 bridgehead atoms. The predicted molar refractivity (Wildman–Crippen MR) is 70.3 cm³/mol. The molecule has 1 aromatic heterocycles. The Morgan fingerprint density at radius 2 is 2.00 bits per heavy atom. The zero-order chi connectivity index (χ0) is 12.4. The molecule has 0 spiro atoms. The maximum absolute atomic E-state index is 5.93. The summed E-state index contributed by atoms with van der Waals surface area (Å²) in [5, 5.41) is 0. The lowest BCUT2D eigenvalue weighted by atomic mass is 10.0. The van der Waals surface area contributed by atoms with Gasteiger partial charge in [0.25, 0.3) is 0 Å². The Bertz CT molecular complexity index is 498. The van der Waals surface area contributed by atoms with Crippen LogP contribution in [0, 0.1) is 0 Å². The molecule has 2 aromatic rings. The first-order valence-corrected chi connectivity index (χ1v) is 5.97. The second-order valence-corrected chi connectivity index (χ2v) is 4.73. The molecule has 1 atom stereocenters. The molecule has 0 aliphatic heterocycles. The number of hydrogen-bond acceptors (Lipinski definition) is 2. The average molecular weight is 229 g/mol. The fraction of sp³-hybridized carbons (Fsp3) is 0.357. The van der Waals surface area contributed by atoms with Crippen LogP contribution in [0.25, 0.3) is 5.69 Å². The maximum atomic E-state index is 5.93. The number of hydrogen-bond donors (Lipinski definition) is 1. The van der Waals surface area contributed by atoms with Crippen molar-refractivity contribution in [1.82, 2.24) is 9.55 Å². The minimum Gasteiger partial charge on any atom is -0.323 e. The van der Waals surface area contributed by atoms with Crippen molar-refractivity contribution in [3.05, 3.63) is 48.0 Å². The van der Waals surface area contributed by atoms with E-state index in [0.29, 0.717) is 5.92 Å². The van der Waals surface area contributed by atoms with Crippen LogP contribution in [0.15, 0.2) is 36.8 Å². The summed E-state index contributed by atoms with van der Waals surface area (Å²) >= 11 is 0. The normalized spacial score (nSPS) is 13.0. The van der Waals surface area contributed by atoms with Gasteiger partial charge in [0, 0.05) is 11.7 Å². The molecule has 3 nitrogen and oxygen atoms in total. The molecule has 0 amide bonds. The van der Waals surface area contributed by atoms with Crippen LogP contribution in [-0.2, 0) is 0 Å². The van der Waals surface area contributed by atoms with E-state index in [9.17, 15) is 0 Å². The van der Waals surface area contributed by atoms with Crippen LogP contribution in [0.2, 0.25) is 0 Å². The predicted octanol–water partition coefficient (Wildman–Crippen LogP) is 3.02. The number of rotatable bonds is 3. The van der Waals surface area contributed by atoms with Gasteiger partial charge in [0.1, 0.15) is 0 Å². The van der Waals surface area contributed by atoms with Crippen molar-refractivity contribution >= 4 is 0 Å². The second kappa shape index (κ2) is 4.72. The van der Waals surface area contributed by atoms with Crippen molar-refractivity contribution in [3.63, 3.8) is 0 Å². The van der Waals surface area contributed by atoms with E-state index in [1.54, 1.807) is 0 Å². The number of nitrogens with two attached hydrogens (primary N) is 1. The fourth-order valence-corrected chi connectivity index (χ4v) is 1.89. The monoisotopic (exact) mass is 229 g/mol. The smallest absolute Gasteiger partial charge is 0.0994 e. The number of nitrogens with zero attached hydrogens (tertiary/aromatic N) is 2. The third-order valence-corrected chi connectivity index (χ3v) is 2.95. The van der Waals surface area contributed by atoms with Gasteiger partial charge in [-0.15, -0.1) is 0 Å². The van der Waals surface area contributed by atoms with Crippen molar-refractivity contribution in [3.8, 4) is 5.69 Å². The first-order valence-electron chi connectivity index (χ1n) is 5.97. The molecule has 1 heterocycles. The van der Waals surface area contributed by atoms with Crippen LogP contribution in [0.4, 0.5) is 0 Å². The molecule has 90 valence electrons. The summed E-state index contributed by atoms with van der Waals surface area (Å²) in [6.45, 7) is 6.36. The van der Waals surface area contributed by atoms with Crippen LogP contribution < -0.4 is 5.73 Å².